The summed E-state index contributed by atoms with van der Waals surface area (Å²) in [5, 5.41) is 3.06. The fourth-order valence-electron chi connectivity index (χ4n) is 1.02. The van der Waals surface area contributed by atoms with Gasteiger partial charge in [-0.3, -0.25) is 9.59 Å². The number of Topliss-reactive ketones (excluding diaryl/α,β-unsaturated/α-hetero) is 1. The Morgan fingerprint density at radius 1 is 1.25 bits per heavy atom. The monoisotopic (exact) mass is 279 g/mol. The van der Waals surface area contributed by atoms with Crippen molar-refractivity contribution >= 4 is 52.2 Å². The highest BCUT2D eigenvalue weighted by atomic mass is 35.5. The molecule has 1 amide bonds. The van der Waals surface area contributed by atoms with Crippen molar-refractivity contribution in [2.75, 3.05) is 11.2 Å². The van der Waals surface area contributed by atoms with Crippen molar-refractivity contribution in [1.29, 1.82) is 0 Å². The highest BCUT2D eigenvalue weighted by molar-refractivity contribution is 6.44. The van der Waals surface area contributed by atoms with Crippen LogP contribution in [0, 0.1) is 0 Å². The van der Waals surface area contributed by atoms with Crippen LogP contribution in [0.4, 0.5) is 5.69 Å². The molecular formula is C10H8Cl3NO2. The summed E-state index contributed by atoms with van der Waals surface area (Å²) in [6, 6.07) is 4.84. The fourth-order valence-corrected chi connectivity index (χ4v) is 1.46. The minimum Gasteiger partial charge on any atom is -0.324 e. The zero-order valence-electron chi connectivity index (χ0n) is 8.10. The minimum absolute atomic E-state index is 0.184. The predicted molar refractivity (Wildman–Crippen MR) is 65.4 cm³/mol. The molecule has 0 aliphatic carbocycles. The maximum absolute atomic E-state index is 11.4. The molecule has 86 valence electrons. The summed E-state index contributed by atoms with van der Waals surface area (Å²) in [4.78, 5) is 22.3. The van der Waals surface area contributed by atoms with E-state index in [-0.39, 0.29) is 23.1 Å². The van der Waals surface area contributed by atoms with Crippen LogP contribution in [0.5, 0.6) is 0 Å². The van der Waals surface area contributed by atoms with E-state index in [0.717, 1.165) is 0 Å². The number of anilines is 1. The first-order valence-corrected chi connectivity index (χ1v) is 5.65. The van der Waals surface area contributed by atoms with E-state index in [0.29, 0.717) is 10.7 Å². The molecule has 0 radical (unpaired) electrons. The molecule has 0 aliphatic heterocycles. The Balaban J connectivity index is 2.70. The quantitative estimate of drug-likeness (QED) is 0.680. The zero-order chi connectivity index (χ0) is 12.1. The second kappa shape index (κ2) is 6.09. The van der Waals surface area contributed by atoms with Crippen molar-refractivity contribution < 1.29 is 9.59 Å². The summed E-state index contributed by atoms with van der Waals surface area (Å²) < 4.78 is 0. The molecule has 0 unspecified atom stereocenters. The molecule has 0 bridgehead atoms. The van der Waals surface area contributed by atoms with Gasteiger partial charge in [0.1, 0.15) is 0 Å². The molecule has 1 N–H and O–H groups in total. The molecule has 0 spiro atoms. The first kappa shape index (κ1) is 13.3. The average molecular weight is 281 g/mol. The van der Waals surface area contributed by atoms with E-state index >= 15 is 0 Å². The number of ketones is 1. The average Bonchev–Trinajstić information content (AvgIpc) is 2.24. The molecule has 0 saturated heterocycles. The van der Waals surface area contributed by atoms with Gasteiger partial charge in [-0.1, -0.05) is 29.3 Å². The van der Waals surface area contributed by atoms with E-state index in [2.05, 4.69) is 5.32 Å². The van der Waals surface area contributed by atoms with Crippen molar-refractivity contribution in [3.05, 3.63) is 28.2 Å². The van der Waals surface area contributed by atoms with Gasteiger partial charge in [-0.25, -0.2) is 0 Å². The number of hydrogen-bond donors (Lipinski definition) is 1. The molecule has 16 heavy (non-hydrogen) atoms. The van der Waals surface area contributed by atoms with Crippen LogP contribution in [0.1, 0.15) is 6.42 Å². The van der Waals surface area contributed by atoms with Gasteiger partial charge in [-0.15, -0.1) is 11.6 Å². The van der Waals surface area contributed by atoms with Gasteiger partial charge < -0.3 is 5.32 Å². The Hall–Kier alpha value is -0.770. The number of rotatable bonds is 4. The van der Waals surface area contributed by atoms with E-state index in [9.17, 15) is 9.59 Å². The van der Waals surface area contributed by atoms with E-state index in [1.807, 2.05) is 0 Å². The van der Waals surface area contributed by atoms with E-state index in [1.165, 1.54) is 0 Å². The lowest BCUT2D eigenvalue weighted by Gasteiger charge is -2.07. The third-order valence-corrected chi connectivity index (χ3v) is 2.85. The number of halogens is 3. The van der Waals surface area contributed by atoms with Gasteiger partial charge >= 0.3 is 0 Å². The Kier molecular flexibility index (Phi) is 5.06. The Morgan fingerprint density at radius 2 is 1.94 bits per heavy atom. The van der Waals surface area contributed by atoms with E-state index in [4.69, 9.17) is 34.8 Å². The molecule has 6 heteroatoms. The first-order chi connectivity index (χ1) is 7.54. The number of alkyl halides is 1. The summed E-state index contributed by atoms with van der Waals surface area (Å²) in [5.74, 6) is -0.997. The molecule has 0 fully saturated rings. The Labute approximate surface area is 108 Å². The van der Waals surface area contributed by atoms with Gasteiger partial charge in [0, 0.05) is 0 Å². The largest absolute Gasteiger partial charge is 0.324 e. The molecule has 0 heterocycles. The van der Waals surface area contributed by atoms with Crippen LogP contribution < -0.4 is 5.32 Å². The summed E-state index contributed by atoms with van der Waals surface area (Å²) in [6.45, 7) is 0. The van der Waals surface area contributed by atoms with Crippen molar-refractivity contribution in [2.24, 2.45) is 0 Å². The Bertz CT molecular complexity index is 421. The van der Waals surface area contributed by atoms with Gasteiger partial charge in [-0.05, 0) is 12.1 Å². The standard InChI is InChI=1S/C10H8Cl3NO2/c11-5-6(15)4-9(16)14-8-3-1-2-7(12)10(8)13/h1-3H,4-5H2,(H,14,16). The summed E-state index contributed by atoms with van der Waals surface area (Å²) in [6.07, 6.45) is -0.271. The first-order valence-electron chi connectivity index (χ1n) is 4.36. The van der Waals surface area contributed by atoms with Crippen LogP contribution >= 0.6 is 34.8 Å². The molecule has 0 aliphatic rings. The fraction of sp³-hybridized carbons (Fsp3) is 0.200. The molecule has 3 nitrogen and oxygen atoms in total. The number of benzene rings is 1. The maximum atomic E-state index is 11.4. The van der Waals surface area contributed by atoms with Crippen LogP contribution in [-0.4, -0.2) is 17.6 Å². The van der Waals surface area contributed by atoms with Crippen molar-refractivity contribution in [2.45, 2.75) is 6.42 Å². The van der Waals surface area contributed by atoms with E-state index < -0.39 is 5.91 Å². The lowest BCUT2D eigenvalue weighted by atomic mass is 10.2. The highest BCUT2D eigenvalue weighted by Crippen LogP contribution is 2.29. The number of amides is 1. The molecule has 0 aromatic heterocycles. The lowest BCUT2D eigenvalue weighted by molar-refractivity contribution is -0.124. The molecule has 0 atom stereocenters. The summed E-state index contributed by atoms with van der Waals surface area (Å²) >= 11 is 16.9. The van der Waals surface area contributed by atoms with Crippen LogP contribution in [-0.2, 0) is 9.59 Å². The molecule has 1 aromatic rings. The highest BCUT2D eigenvalue weighted by Gasteiger charge is 2.11. The number of hydrogen-bond acceptors (Lipinski definition) is 2. The second-order valence-electron chi connectivity index (χ2n) is 3.00. The normalized spacial score (nSPS) is 9.94. The maximum Gasteiger partial charge on any atom is 0.231 e. The van der Waals surface area contributed by atoms with Gasteiger partial charge in [0.25, 0.3) is 0 Å². The molecule has 0 saturated carbocycles. The summed E-state index contributed by atoms with van der Waals surface area (Å²) in [7, 11) is 0. The van der Waals surface area contributed by atoms with Crippen LogP contribution in [0.3, 0.4) is 0 Å². The summed E-state index contributed by atoms with van der Waals surface area (Å²) in [5.41, 5.74) is 0.376. The van der Waals surface area contributed by atoms with Gasteiger partial charge in [0.05, 0.1) is 28.0 Å². The minimum atomic E-state index is -0.463. The molecule has 1 aromatic carbocycles. The van der Waals surface area contributed by atoms with Crippen LogP contribution in [0.25, 0.3) is 0 Å². The molecule has 1 rings (SSSR count). The predicted octanol–water partition coefficient (Wildman–Crippen LogP) is 3.13. The van der Waals surface area contributed by atoms with Gasteiger partial charge in [0.15, 0.2) is 5.78 Å². The van der Waals surface area contributed by atoms with Gasteiger partial charge in [0.2, 0.25) is 5.91 Å². The van der Waals surface area contributed by atoms with Crippen LogP contribution in [0.2, 0.25) is 10.0 Å². The van der Waals surface area contributed by atoms with Crippen molar-refractivity contribution in [1.82, 2.24) is 0 Å². The van der Waals surface area contributed by atoms with Crippen LogP contribution in [0.15, 0.2) is 18.2 Å². The smallest absolute Gasteiger partial charge is 0.231 e. The number of carbonyl (C=O) groups excluding carboxylic acids is 2. The zero-order valence-corrected chi connectivity index (χ0v) is 10.4. The third kappa shape index (κ3) is 3.67. The van der Waals surface area contributed by atoms with Crippen molar-refractivity contribution in [3.63, 3.8) is 0 Å². The Morgan fingerprint density at radius 3 is 2.56 bits per heavy atom. The molecular weight excluding hydrogens is 272 g/mol. The van der Waals surface area contributed by atoms with E-state index in [1.54, 1.807) is 18.2 Å². The number of nitrogens with one attached hydrogen (secondary N) is 1. The topological polar surface area (TPSA) is 46.2 Å². The van der Waals surface area contributed by atoms with Gasteiger partial charge in [-0.2, -0.15) is 0 Å². The SMILES string of the molecule is O=C(CCl)CC(=O)Nc1cccc(Cl)c1Cl. The second-order valence-corrected chi connectivity index (χ2v) is 4.05. The van der Waals surface area contributed by atoms with Crippen molar-refractivity contribution in [3.8, 4) is 0 Å². The lowest BCUT2D eigenvalue weighted by Crippen LogP contribution is -2.17. The number of carbonyl (C=O) groups is 2. The third-order valence-electron chi connectivity index (χ3n) is 1.73.